The molecule has 3 heteroatoms. The van der Waals surface area contributed by atoms with Crippen molar-refractivity contribution in [2.24, 2.45) is 5.92 Å². The van der Waals surface area contributed by atoms with Gasteiger partial charge in [-0.05, 0) is 42.2 Å². The lowest BCUT2D eigenvalue weighted by Crippen LogP contribution is -2.02. The summed E-state index contributed by atoms with van der Waals surface area (Å²) < 4.78 is 5.38. The fourth-order valence-corrected chi connectivity index (χ4v) is 3.10. The van der Waals surface area contributed by atoms with Gasteiger partial charge in [0.05, 0.1) is 0 Å². The Kier molecular flexibility index (Phi) is 4.35. The monoisotopic (exact) mass is 276 g/mol. The molecule has 0 aliphatic carbocycles. The van der Waals surface area contributed by atoms with Crippen LogP contribution in [0.3, 0.4) is 0 Å². The first-order valence-electron chi connectivity index (χ1n) is 6.59. The van der Waals surface area contributed by atoms with Crippen LogP contribution in [-0.2, 0) is 5.75 Å². The zero-order valence-corrected chi connectivity index (χ0v) is 12.8. The molecule has 0 N–H and O–H groups in total. The number of aryl methyl sites for hydroxylation is 2. The Bertz CT molecular complexity index is 641. The van der Waals surface area contributed by atoms with Crippen LogP contribution < -0.4 is 5.63 Å². The molecule has 19 heavy (non-hydrogen) atoms. The molecule has 1 aromatic carbocycles. The van der Waals surface area contributed by atoms with E-state index >= 15 is 0 Å². The second-order valence-corrected chi connectivity index (χ2v) is 6.41. The third kappa shape index (κ3) is 3.21. The Balaban J connectivity index is 2.43. The molecule has 0 unspecified atom stereocenters. The average Bonchev–Trinajstić information content (AvgIpc) is 2.34. The van der Waals surface area contributed by atoms with Crippen LogP contribution in [0.1, 0.15) is 30.5 Å². The number of thioether (sulfide) groups is 1. The van der Waals surface area contributed by atoms with E-state index in [9.17, 15) is 4.79 Å². The van der Waals surface area contributed by atoms with Crippen molar-refractivity contribution >= 4 is 22.7 Å². The summed E-state index contributed by atoms with van der Waals surface area (Å²) in [6.07, 6.45) is 0. The summed E-state index contributed by atoms with van der Waals surface area (Å²) in [6.45, 7) is 8.45. The zero-order chi connectivity index (χ0) is 14.0. The van der Waals surface area contributed by atoms with Gasteiger partial charge in [0, 0.05) is 17.2 Å². The standard InChI is InChI=1S/C16H20O2S/c1-10(2)8-19-9-13-7-15(17)18-16-12(4)11(3)5-6-14(13)16/h5-7,10H,8-9H2,1-4H3. The van der Waals surface area contributed by atoms with Crippen molar-refractivity contribution in [1.29, 1.82) is 0 Å². The van der Waals surface area contributed by atoms with E-state index in [0.717, 1.165) is 39.2 Å². The van der Waals surface area contributed by atoms with E-state index in [1.165, 1.54) is 0 Å². The molecule has 0 radical (unpaired) electrons. The Labute approximate surface area is 118 Å². The van der Waals surface area contributed by atoms with Crippen molar-refractivity contribution < 1.29 is 4.42 Å². The predicted octanol–water partition coefficient (Wildman–Crippen LogP) is 4.30. The van der Waals surface area contributed by atoms with E-state index in [1.807, 2.05) is 25.6 Å². The van der Waals surface area contributed by atoms with Crippen molar-refractivity contribution in [1.82, 2.24) is 0 Å². The summed E-state index contributed by atoms with van der Waals surface area (Å²) in [5, 5.41) is 1.07. The Hall–Kier alpha value is -1.22. The van der Waals surface area contributed by atoms with Crippen LogP contribution in [0.4, 0.5) is 0 Å². The lowest BCUT2D eigenvalue weighted by molar-refractivity contribution is 0.557. The minimum atomic E-state index is -0.249. The highest BCUT2D eigenvalue weighted by Crippen LogP contribution is 2.26. The molecule has 0 saturated heterocycles. The van der Waals surface area contributed by atoms with Gasteiger partial charge in [-0.3, -0.25) is 0 Å². The van der Waals surface area contributed by atoms with Crippen molar-refractivity contribution in [2.75, 3.05) is 5.75 Å². The van der Waals surface area contributed by atoms with Gasteiger partial charge in [0.1, 0.15) is 5.58 Å². The highest BCUT2D eigenvalue weighted by Gasteiger charge is 2.09. The van der Waals surface area contributed by atoms with Crippen LogP contribution in [0.2, 0.25) is 0 Å². The van der Waals surface area contributed by atoms with Crippen LogP contribution in [0, 0.1) is 19.8 Å². The van der Waals surface area contributed by atoms with Gasteiger partial charge >= 0.3 is 5.63 Å². The quantitative estimate of drug-likeness (QED) is 0.780. The first-order valence-corrected chi connectivity index (χ1v) is 7.75. The third-order valence-electron chi connectivity index (χ3n) is 3.23. The fourth-order valence-electron chi connectivity index (χ4n) is 2.05. The highest BCUT2D eigenvalue weighted by molar-refractivity contribution is 7.98. The van der Waals surface area contributed by atoms with Crippen LogP contribution in [0.15, 0.2) is 27.4 Å². The summed E-state index contributed by atoms with van der Waals surface area (Å²) in [5.41, 5.74) is 3.79. The maximum atomic E-state index is 11.7. The van der Waals surface area contributed by atoms with Gasteiger partial charge in [0.2, 0.25) is 0 Å². The molecular formula is C16H20O2S. The molecule has 0 amide bonds. The first kappa shape index (κ1) is 14.2. The highest BCUT2D eigenvalue weighted by atomic mass is 32.2. The number of rotatable bonds is 4. The van der Waals surface area contributed by atoms with E-state index in [-0.39, 0.29) is 5.63 Å². The zero-order valence-electron chi connectivity index (χ0n) is 11.9. The molecule has 1 aromatic heterocycles. The molecule has 2 rings (SSSR count). The fraction of sp³-hybridized carbons (Fsp3) is 0.438. The summed E-state index contributed by atoms with van der Waals surface area (Å²) in [7, 11) is 0. The van der Waals surface area contributed by atoms with Crippen LogP contribution >= 0.6 is 11.8 Å². The smallest absolute Gasteiger partial charge is 0.336 e. The van der Waals surface area contributed by atoms with Crippen LogP contribution in [0.25, 0.3) is 11.0 Å². The van der Waals surface area contributed by atoms with Gasteiger partial charge in [-0.25, -0.2) is 4.79 Å². The van der Waals surface area contributed by atoms with Crippen molar-refractivity contribution in [3.63, 3.8) is 0 Å². The van der Waals surface area contributed by atoms with E-state index in [1.54, 1.807) is 6.07 Å². The first-order chi connectivity index (χ1) is 8.99. The van der Waals surface area contributed by atoms with E-state index in [4.69, 9.17) is 4.42 Å². The molecule has 2 aromatic rings. The Morgan fingerprint density at radius 1 is 1.26 bits per heavy atom. The molecule has 0 aliphatic rings. The Morgan fingerprint density at radius 2 is 2.00 bits per heavy atom. The molecule has 1 heterocycles. The third-order valence-corrected chi connectivity index (χ3v) is 4.64. The maximum Gasteiger partial charge on any atom is 0.336 e. The molecule has 0 bridgehead atoms. The van der Waals surface area contributed by atoms with Gasteiger partial charge in [-0.1, -0.05) is 26.0 Å². The lowest BCUT2D eigenvalue weighted by atomic mass is 10.0. The normalized spacial score (nSPS) is 11.4. The van der Waals surface area contributed by atoms with Gasteiger partial charge < -0.3 is 4.42 Å². The van der Waals surface area contributed by atoms with E-state index < -0.39 is 0 Å². The summed E-state index contributed by atoms with van der Waals surface area (Å²) in [4.78, 5) is 11.7. The lowest BCUT2D eigenvalue weighted by Gasteiger charge is -2.09. The van der Waals surface area contributed by atoms with E-state index in [2.05, 4.69) is 26.0 Å². The molecule has 102 valence electrons. The average molecular weight is 276 g/mol. The van der Waals surface area contributed by atoms with Crippen LogP contribution in [0.5, 0.6) is 0 Å². The topological polar surface area (TPSA) is 30.2 Å². The van der Waals surface area contributed by atoms with Gasteiger partial charge in [0.15, 0.2) is 0 Å². The van der Waals surface area contributed by atoms with Gasteiger partial charge in [-0.2, -0.15) is 11.8 Å². The predicted molar refractivity (Wildman–Crippen MR) is 83.0 cm³/mol. The molecule has 0 aliphatic heterocycles. The molecule has 0 atom stereocenters. The maximum absolute atomic E-state index is 11.7. The van der Waals surface area contributed by atoms with Gasteiger partial charge in [0.25, 0.3) is 0 Å². The minimum absolute atomic E-state index is 0.249. The minimum Gasteiger partial charge on any atom is -0.422 e. The number of benzene rings is 1. The second kappa shape index (κ2) is 5.83. The molecule has 0 fully saturated rings. The number of hydrogen-bond acceptors (Lipinski definition) is 3. The SMILES string of the molecule is Cc1ccc2c(CSCC(C)C)cc(=O)oc2c1C. The molecule has 0 spiro atoms. The number of hydrogen-bond donors (Lipinski definition) is 0. The molecule has 2 nitrogen and oxygen atoms in total. The Morgan fingerprint density at radius 3 is 2.68 bits per heavy atom. The largest absolute Gasteiger partial charge is 0.422 e. The number of fused-ring (bicyclic) bond motifs is 1. The second-order valence-electron chi connectivity index (χ2n) is 5.38. The van der Waals surface area contributed by atoms with Crippen LogP contribution in [-0.4, -0.2) is 5.75 Å². The van der Waals surface area contributed by atoms with Gasteiger partial charge in [-0.15, -0.1) is 0 Å². The summed E-state index contributed by atoms with van der Waals surface area (Å²) in [6, 6.07) is 5.78. The molecule has 0 saturated carbocycles. The van der Waals surface area contributed by atoms with Crippen molar-refractivity contribution in [3.05, 3.63) is 45.3 Å². The van der Waals surface area contributed by atoms with Crippen molar-refractivity contribution in [3.8, 4) is 0 Å². The van der Waals surface area contributed by atoms with E-state index in [0.29, 0.717) is 5.92 Å². The van der Waals surface area contributed by atoms with Crippen molar-refractivity contribution in [2.45, 2.75) is 33.4 Å². The summed E-state index contributed by atoms with van der Waals surface area (Å²) >= 11 is 1.87. The molecular weight excluding hydrogens is 256 g/mol. The summed E-state index contributed by atoms with van der Waals surface area (Å²) in [5.74, 6) is 2.63.